The summed E-state index contributed by atoms with van der Waals surface area (Å²) in [5.74, 6) is -0.366. The molecule has 2 atom stereocenters. The lowest BCUT2D eigenvalue weighted by molar-refractivity contribution is -0.384. The molecule has 0 N–H and O–H groups in total. The standard InChI is InChI=1S/C16H21FN2O4/c1-16(2,3)23-15(20)18-9-8-13(14(17)10-18)11-4-6-12(7-5-11)19(21)22/h4-7,13-14H,8-10H2,1-3H3. The maximum absolute atomic E-state index is 14.5. The smallest absolute Gasteiger partial charge is 0.410 e. The number of hydrogen-bond donors (Lipinski definition) is 0. The van der Waals surface area contributed by atoms with E-state index in [2.05, 4.69) is 0 Å². The molecule has 1 amide bonds. The maximum atomic E-state index is 14.5. The highest BCUT2D eigenvalue weighted by atomic mass is 19.1. The van der Waals surface area contributed by atoms with Gasteiger partial charge in [0.2, 0.25) is 0 Å². The number of alkyl halides is 1. The second-order valence-corrected chi connectivity index (χ2v) is 6.69. The van der Waals surface area contributed by atoms with Gasteiger partial charge in [0, 0.05) is 24.6 Å². The highest BCUT2D eigenvalue weighted by Crippen LogP contribution is 2.32. The number of carbonyl (C=O) groups excluding carboxylic acids is 1. The van der Waals surface area contributed by atoms with E-state index >= 15 is 0 Å². The minimum atomic E-state index is -1.22. The Morgan fingerprint density at radius 1 is 1.35 bits per heavy atom. The minimum absolute atomic E-state index is 0.0182. The summed E-state index contributed by atoms with van der Waals surface area (Å²) in [4.78, 5) is 23.5. The number of carbonyl (C=O) groups is 1. The zero-order valence-electron chi connectivity index (χ0n) is 13.5. The normalized spacial score (nSPS) is 21.8. The molecule has 1 aromatic rings. The summed E-state index contributed by atoms with van der Waals surface area (Å²) in [6, 6.07) is 5.92. The molecule has 0 saturated carbocycles. The quantitative estimate of drug-likeness (QED) is 0.615. The van der Waals surface area contributed by atoms with E-state index in [1.165, 1.54) is 17.0 Å². The van der Waals surface area contributed by atoms with Crippen LogP contribution in [0.15, 0.2) is 24.3 Å². The zero-order valence-corrected chi connectivity index (χ0v) is 13.5. The van der Waals surface area contributed by atoms with Crippen molar-refractivity contribution in [3.8, 4) is 0 Å². The maximum Gasteiger partial charge on any atom is 0.410 e. The number of nitro groups is 1. The van der Waals surface area contributed by atoms with Crippen LogP contribution in [0.2, 0.25) is 0 Å². The van der Waals surface area contributed by atoms with Gasteiger partial charge in [0.25, 0.3) is 5.69 Å². The molecular formula is C16H21FN2O4. The number of nitro benzene ring substituents is 1. The molecule has 1 heterocycles. The first-order chi connectivity index (χ1) is 10.7. The van der Waals surface area contributed by atoms with Crippen LogP contribution in [0.25, 0.3) is 0 Å². The number of hydrogen-bond acceptors (Lipinski definition) is 4. The molecule has 0 aromatic heterocycles. The molecule has 126 valence electrons. The number of rotatable bonds is 2. The average molecular weight is 324 g/mol. The molecule has 2 rings (SSSR count). The topological polar surface area (TPSA) is 72.7 Å². The number of nitrogens with zero attached hydrogens (tertiary/aromatic N) is 2. The molecule has 1 aromatic carbocycles. The fraction of sp³-hybridized carbons (Fsp3) is 0.562. The van der Waals surface area contributed by atoms with Crippen LogP contribution < -0.4 is 0 Å². The van der Waals surface area contributed by atoms with Crippen molar-refractivity contribution in [3.63, 3.8) is 0 Å². The van der Waals surface area contributed by atoms with Crippen molar-refractivity contribution in [1.29, 1.82) is 0 Å². The van der Waals surface area contributed by atoms with Crippen LogP contribution in [0.3, 0.4) is 0 Å². The molecule has 2 unspecified atom stereocenters. The van der Waals surface area contributed by atoms with Crippen molar-refractivity contribution in [2.75, 3.05) is 13.1 Å². The Bertz CT molecular complexity index is 583. The first-order valence-electron chi connectivity index (χ1n) is 7.54. The summed E-state index contributed by atoms with van der Waals surface area (Å²) in [7, 11) is 0. The second kappa shape index (κ2) is 6.52. The predicted molar refractivity (Wildman–Crippen MR) is 83.2 cm³/mol. The van der Waals surface area contributed by atoms with Gasteiger partial charge < -0.3 is 9.64 Å². The van der Waals surface area contributed by atoms with E-state index < -0.39 is 22.8 Å². The van der Waals surface area contributed by atoms with Gasteiger partial charge in [-0.15, -0.1) is 0 Å². The summed E-state index contributed by atoms with van der Waals surface area (Å²) in [5.41, 5.74) is 0.0836. The van der Waals surface area contributed by atoms with Gasteiger partial charge in [-0.1, -0.05) is 12.1 Å². The lowest BCUT2D eigenvalue weighted by Gasteiger charge is -2.35. The largest absolute Gasteiger partial charge is 0.444 e. The Balaban J connectivity index is 2.01. The van der Waals surface area contributed by atoms with Gasteiger partial charge in [0.1, 0.15) is 11.8 Å². The lowest BCUT2D eigenvalue weighted by Crippen LogP contribution is -2.46. The number of halogens is 1. The zero-order chi connectivity index (χ0) is 17.2. The Labute approximate surface area is 134 Å². The van der Waals surface area contributed by atoms with Crippen LogP contribution in [0, 0.1) is 10.1 Å². The minimum Gasteiger partial charge on any atom is -0.444 e. The second-order valence-electron chi connectivity index (χ2n) is 6.69. The number of benzene rings is 1. The van der Waals surface area contributed by atoms with Crippen molar-refractivity contribution in [3.05, 3.63) is 39.9 Å². The van der Waals surface area contributed by atoms with Crippen LogP contribution in [-0.4, -0.2) is 40.8 Å². The first-order valence-corrected chi connectivity index (χ1v) is 7.54. The van der Waals surface area contributed by atoms with E-state index in [4.69, 9.17) is 4.74 Å². The molecule has 6 nitrogen and oxygen atoms in total. The third-order valence-corrected chi connectivity index (χ3v) is 3.73. The Morgan fingerprint density at radius 2 is 1.96 bits per heavy atom. The lowest BCUT2D eigenvalue weighted by atomic mass is 9.88. The summed E-state index contributed by atoms with van der Waals surface area (Å²) >= 11 is 0. The number of piperidine rings is 1. The number of ether oxygens (including phenoxy) is 1. The van der Waals surface area contributed by atoms with E-state index in [1.54, 1.807) is 32.9 Å². The Morgan fingerprint density at radius 3 is 2.43 bits per heavy atom. The van der Waals surface area contributed by atoms with Gasteiger partial charge in [0.15, 0.2) is 0 Å². The van der Waals surface area contributed by atoms with E-state index in [1.807, 2.05) is 0 Å². The Kier molecular flexibility index (Phi) is 4.87. The SMILES string of the molecule is CC(C)(C)OC(=O)N1CCC(c2ccc([N+](=O)[O-])cc2)C(F)C1. The third kappa shape index (κ3) is 4.40. The fourth-order valence-electron chi connectivity index (χ4n) is 2.62. The van der Waals surface area contributed by atoms with Crippen molar-refractivity contribution >= 4 is 11.8 Å². The van der Waals surface area contributed by atoms with Gasteiger partial charge >= 0.3 is 6.09 Å². The molecule has 1 aliphatic heterocycles. The highest BCUT2D eigenvalue weighted by Gasteiger charge is 2.34. The number of likely N-dealkylation sites (tertiary alicyclic amines) is 1. The molecule has 0 aliphatic carbocycles. The van der Waals surface area contributed by atoms with Gasteiger partial charge in [-0.05, 0) is 32.8 Å². The average Bonchev–Trinajstić information content (AvgIpc) is 2.45. The monoisotopic (exact) mass is 324 g/mol. The van der Waals surface area contributed by atoms with Gasteiger partial charge in [-0.3, -0.25) is 10.1 Å². The molecule has 23 heavy (non-hydrogen) atoms. The van der Waals surface area contributed by atoms with Crippen LogP contribution in [0.4, 0.5) is 14.9 Å². The summed E-state index contributed by atoms with van der Waals surface area (Å²) in [6.45, 7) is 5.66. The molecule has 0 spiro atoms. The third-order valence-electron chi connectivity index (χ3n) is 3.73. The molecule has 0 bridgehead atoms. The van der Waals surface area contributed by atoms with Crippen molar-refractivity contribution in [1.82, 2.24) is 4.90 Å². The number of non-ortho nitro benzene ring substituents is 1. The first kappa shape index (κ1) is 17.2. The molecule has 7 heteroatoms. The van der Waals surface area contributed by atoms with Gasteiger partial charge in [-0.25, -0.2) is 9.18 Å². The summed E-state index contributed by atoms with van der Waals surface area (Å²) in [5, 5.41) is 10.7. The predicted octanol–water partition coefficient (Wildman–Crippen LogP) is 3.66. The molecular weight excluding hydrogens is 303 g/mol. The van der Waals surface area contributed by atoms with Crippen LogP contribution in [0.1, 0.15) is 38.7 Å². The Hall–Kier alpha value is -2.18. The highest BCUT2D eigenvalue weighted by molar-refractivity contribution is 5.68. The van der Waals surface area contributed by atoms with Gasteiger partial charge in [-0.2, -0.15) is 0 Å². The van der Waals surface area contributed by atoms with Crippen molar-refractivity contribution in [2.45, 2.75) is 44.9 Å². The van der Waals surface area contributed by atoms with Crippen LogP contribution >= 0.6 is 0 Å². The molecule has 1 saturated heterocycles. The number of amides is 1. The van der Waals surface area contributed by atoms with Crippen LogP contribution in [0.5, 0.6) is 0 Å². The van der Waals surface area contributed by atoms with E-state index in [-0.39, 0.29) is 18.2 Å². The van der Waals surface area contributed by atoms with Gasteiger partial charge in [0.05, 0.1) is 11.5 Å². The fourth-order valence-corrected chi connectivity index (χ4v) is 2.62. The van der Waals surface area contributed by atoms with E-state index in [9.17, 15) is 19.3 Å². The van der Waals surface area contributed by atoms with E-state index in [0.29, 0.717) is 18.5 Å². The van der Waals surface area contributed by atoms with Crippen molar-refractivity contribution < 1.29 is 18.8 Å². The summed E-state index contributed by atoms with van der Waals surface area (Å²) in [6.07, 6.45) is -1.28. The van der Waals surface area contributed by atoms with Crippen molar-refractivity contribution in [2.24, 2.45) is 0 Å². The van der Waals surface area contributed by atoms with E-state index in [0.717, 1.165) is 0 Å². The molecule has 1 aliphatic rings. The molecule has 1 fully saturated rings. The molecule has 0 radical (unpaired) electrons. The summed E-state index contributed by atoms with van der Waals surface area (Å²) < 4.78 is 19.7. The van der Waals surface area contributed by atoms with Crippen LogP contribution in [-0.2, 0) is 4.74 Å².